The summed E-state index contributed by atoms with van der Waals surface area (Å²) in [4.78, 5) is 4.56. The van der Waals surface area contributed by atoms with Crippen molar-refractivity contribution in [1.82, 2.24) is 10.3 Å². The van der Waals surface area contributed by atoms with E-state index in [0.29, 0.717) is 0 Å². The number of rotatable bonds is 4. The van der Waals surface area contributed by atoms with Gasteiger partial charge in [0, 0.05) is 24.9 Å². The summed E-state index contributed by atoms with van der Waals surface area (Å²) in [5.74, 6) is 2.60. The van der Waals surface area contributed by atoms with Gasteiger partial charge in [-0.3, -0.25) is 4.98 Å². The molecule has 1 heterocycles. The van der Waals surface area contributed by atoms with E-state index in [9.17, 15) is 0 Å². The highest BCUT2D eigenvalue weighted by molar-refractivity contribution is 5.78. The molecule has 0 aliphatic heterocycles. The summed E-state index contributed by atoms with van der Waals surface area (Å²) in [5, 5.41) is 4.44. The third-order valence-corrected chi connectivity index (χ3v) is 2.41. The Morgan fingerprint density at radius 3 is 2.94 bits per heavy atom. The Bertz CT molecular complexity index is 511. The van der Waals surface area contributed by atoms with Crippen LogP contribution in [-0.2, 0) is 6.54 Å². The van der Waals surface area contributed by atoms with Crippen molar-refractivity contribution in [1.29, 1.82) is 0 Å². The average Bonchev–Trinajstić information content (AvgIpc) is 2.34. The first kappa shape index (κ1) is 10.7. The zero-order valence-corrected chi connectivity index (χ0v) is 9.11. The lowest BCUT2D eigenvalue weighted by Crippen LogP contribution is -2.14. The van der Waals surface area contributed by atoms with Crippen LogP contribution in [0.1, 0.15) is 12.1 Å². The third-order valence-electron chi connectivity index (χ3n) is 2.41. The van der Waals surface area contributed by atoms with E-state index in [1.807, 2.05) is 24.3 Å². The SMILES string of the molecule is C#CCCNCc1ccc2ccccc2n1. The zero-order chi connectivity index (χ0) is 11.2. The minimum absolute atomic E-state index is 0.758. The first-order valence-corrected chi connectivity index (χ1v) is 5.39. The minimum atomic E-state index is 0.758. The fourth-order valence-corrected chi connectivity index (χ4v) is 1.58. The molecule has 0 amide bonds. The van der Waals surface area contributed by atoms with Crippen molar-refractivity contribution in [2.45, 2.75) is 13.0 Å². The number of fused-ring (bicyclic) bond motifs is 1. The van der Waals surface area contributed by atoms with Gasteiger partial charge in [0.2, 0.25) is 0 Å². The van der Waals surface area contributed by atoms with Crippen LogP contribution in [0, 0.1) is 12.3 Å². The Morgan fingerprint density at radius 1 is 1.19 bits per heavy atom. The summed E-state index contributed by atoms with van der Waals surface area (Å²) in [6.07, 6.45) is 5.93. The molecule has 1 aromatic heterocycles. The second-order valence-corrected chi connectivity index (χ2v) is 3.63. The van der Waals surface area contributed by atoms with Gasteiger partial charge in [-0.25, -0.2) is 0 Å². The lowest BCUT2D eigenvalue weighted by molar-refractivity contribution is 0.690. The molecule has 2 rings (SSSR count). The highest BCUT2D eigenvalue weighted by Crippen LogP contribution is 2.11. The summed E-state index contributed by atoms with van der Waals surface area (Å²) >= 11 is 0. The molecular weight excluding hydrogens is 196 g/mol. The molecule has 0 bridgehead atoms. The Balaban J connectivity index is 2.05. The number of nitrogens with one attached hydrogen (secondary N) is 1. The summed E-state index contributed by atoms with van der Waals surface area (Å²) in [6.45, 7) is 1.61. The number of benzene rings is 1. The standard InChI is InChI=1S/C14H14N2/c1-2-3-10-15-11-13-9-8-12-6-4-5-7-14(12)16-13/h1,4-9,15H,3,10-11H2. The first-order valence-electron chi connectivity index (χ1n) is 5.39. The predicted octanol–water partition coefficient (Wildman–Crippen LogP) is 2.35. The van der Waals surface area contributed by atoms with Gasteiger partial charge in [-0.2, -0.15) is 0 Å². The monoisotopic (exact) mass is 210 g/mol. The zero-order valence-electron chi connectivity index (χ0n) is 9.11. The molecule has 2 aromatic rings. The molecule has 0 unspecified atom stereocenters. The van der Waals surface area contributed by atoms with Gasteiger partial charge >= 0.3 is 0 Å². The van der Waals surface area contributed by atoms with Gasteiger partial charge in [0.1, 0.15) is 0 Å². The minimum Gasteiger partial charge on any atom is -0.310 e. The van der Waals surface area contributed by atoms with Gasteiger partial charge in [0.05, 0.1) is 11.2 Å². The van der Waals surface area contributed by atoms with Crippen LogP contribution in [0.2, 0.25) is 0 Å². The van der Waals surface area contributed by atoms with E-state index in [-0.39, 0.29) is 0 Å². The van der Waals surface area contributed by atoms with Crippen molar-refractivity contribution in [3.8, 4) is 12.3 Å². The van der Waals surface area contributed by atoms with Crippen LogP contribution in [0.5, 0.6) is 0 Å². The Labute approximate surface area is 95.7 Å². The predicted molar refractivity (Wildman–Crippen MR) is 66.9 cm³/mol. The van der Waals surface area contributed by atoms with E-state index in [0.717, 1.165) is 30.7 Å². The third kappa shape index (κ3) is 2.59. The van der Waals surface area contributed by atoms with Crippen molar-refractivity contribution in [3.63, 3.8) is 0 Å². The molecule has 2 heteroatoms. The number of aromatic nitrogens is 1. The van der Waals surface area contributed by atoms with Crippen LogP contribution in [-0.4, -0.2) is 11.5 Å². The number of hydrogen-bond donors (Lipinski definition) is 1. The maximum absolute atomic E-state index is 5.18. The summed E-state index contributed by atoms with van der Waals surface area (Å²) in [5.41, 5.74) is 2.09. The average molecular weight is 210 g/mol. The molecule has 0 aliphatic carbocycles. The van der Waals surface area contributed by atoms with Crippen molar-refractivity contribution in [3.05, 3.63) is 42.1 Å². The lowest BCUT2D eigenvalue weighted by atomic mass is 10.2. The maximum atomic E-state index is 5.18. The molecule has 0 saturated heterocycles. The summed E-state index contributed by atoms with van der Waals surface area (Å²) in [7, 11) is 0. The van der Waals surface area contributed by atoms with Gasteiger partial charge in [0.15, 0.2) is 0 Å². The van der Waals surface area contributed by atoms with E-state index in [2.05, 4.69) is 28.4 Å². The number of nitrogens with zero attached hydrogens (tertiary/aromatic N) is 1. The van der Waals surface area contributed by atoms with Crippen molar-refractivity contribution >= 4 is 10.9 Å². The molecule has 0 aliphatic rings. The highest BCUT2D eigenvalue weighted by atomic mass is 14.9. The molecule has 1 N–H and O–H groups in total. The normalized spacial score (nSPS) is 10.2. The molecular formula is C14H14N2. The largest absolute Gasteiger partial charge is 0.310 e. The van der Waals surface area contributed by atoms with Gasteiger partial charge in [-0.15, -0.1) is 12.3 Å². The first-order chi connectivity index (χ1) is 7.90. The smallest absolute Gasteiger partial charge is 0.0705 e. The number of hydrogen-bond acceptors (Lipinski definition) is 2. The van der Waals surface area contributed by atoms with Crippen molar-refractivity contribution in [2.75, 3.05) is 6.54 Å². The van der Waals surface area contributed by atoms with Gasteiger partial charge in [-0.1, -0.05) is 24.3 Å². The Kier molecular flexibility index (Phi) is 3.53. The van der Waals surface area contributed by atoms with Crippen LogP contribution in [0.3, 0.4) is 0 Å². The number of pyridine rings is 1. The molecule has 16 heavy (non-hydrogen) atoms. The number of para-hydroxylation sites is 1. The lowest BCUT2D eigenvalue weighted by Gasteiger charge is -2.03. The molecule has 0 spiro atoms. The van der Waals surface area contributed by atoms with Gasteiger partial charge < -0.3 is 5.32 Å². The fourth-order valence-electron chi connectivity index (χ4n) is 1.58. The molecule has 1 aromatic carbocycles. The van der Waals surface area contributed by atoms with Crippen LogP contribution < -0.4 is 5.32 Å². The molecule has 0 saturated carbocycles. The Hall–Kier alpha value is -1.85. The second kappa shape index (κ2) is 5.29. The molecule has 0 atom stereocenters. The van der Waals surface area contributed by atoms with E-state index < -0.39 is 0 Å². The van der Waals surface area contributed by atoms with Crippen LogP contribution in [0.15, 0.2) is 36.4 Å². The molecule has 0 radical (unpaired) electrons. The van der Waals surface area contributed by atoms with Crippen LogP contribution in [0.4, 0.5) is 0 Å². The molecule has 2 nitrogen and oxygen atoms in total. The van der Waals surface area contributed by atoms with E-state index in [1.54, 1.807) is 0 Å². The second-order valence-electron chi connectivity index (χ2n) is 3.63. The van der Waals surface area contributed by atoms with E-state index >= 15 is 0 Å². The Morgan fingerprint density at radius 2 is 2.06 bits per heavy atom. The van der Waals surface area contributed by atoms with E-state index in [4.69, 9.17) is 6.42 Å². The van der Waals surface area contributed by atoms with Crippen molar-refractivity contribution < 1.29 is 0 Å². The van der Waals surface area contributed by atoms with Crippen LogP contribution in [0.25, 0.3) is 10.9 Å². The van der Waals surface area contributed by atoms with Gasteiger partial charge in [-0.05, 0) is 12.1 Å². The van der Waals surface area contributed by atoms with Crippen molar-refractivity contribution in [2.24, 2.45) is 0 Å². The fraction of sp³-hybridized carbons (Fsp3) is 0.214. The van der Waals surface area contributed by atoms with Crippen LogP contribution >= 0.6 is 0 Å². The summed E-state index contributed by atoms with van der Waals surface area (Å²) in [6, 6.07) is 12.3. The van der Waals surface area contributed by atoms with E-state index in [1.165, 1.54) is 5.39 Å². The van der Waals surface area contributed by atoms with Gasteiger partial charge in [0.25, 0.3) is 0 Å². The topological polar surface area (TPSA) is 24.9 Å². The number of terminal acetylenes is 1. The quantitative estimate of drug-likeness (QED) is 0.619. The highest BCUT2D eigenvalue weighted by Gasteiger charge is 1.96. The maximum Gasteiger partial charge on any atom is 0.0705 e. The summed E-state index contributed by atoms with van der Waals surface area (Å²) < 4.78 is 0. The molecule has 0 fully saturated rings. The molecule has 80 valence electrons.